The molecule has 0 aliphatic carbocycles. The lowest BCUT2D eigenvalue weighted by Gasteiger charge is -2.38. The van der Waals surface area contributed by atoms with E-state index >= 15 is 0 Å². The molecule has 2 heterocycles. The second kappa shape index (κ2) is 8.53. The van der Waals surface area contributed by atoms with Crippen molar-refractivity contribution in [1.29, 1.82) is 0 Å². The summed E-state index contributed by atoms with van der Waals surface area (Å²) in [6.45, 7) is 1.43. The van der Waals surface area contributed by atoms with Crippen molar-refractivity contribution in [2.24, 2.45) is 0 Å². The third-order valence-corrected chi connectivity index (χ3v) is 7.92. The van der Waals surface area contributed by atoms with E-state index in [1.807, 2.05) is 30.3 Å². The number of rotatable bonds is 6. The van der Waals surface area contributed by atoms with Crippen LogP contribution >= 0.6 is 11.6 Å². The topological polar surface area (TPSA) is 98.8 Å². The van der Waals surface area contributed by atoms with Crippen LogP contribution in [0.1, 0.15) is 25.3 Å². The number of nitrogens with zero attached hydrogens (tertiary/aromatic N) is 1. The van der Waals surface area contributed by atoms with E-state index in [9.17, 15) is 18.9 Å². The number of anilines is 1. The molecule has 162 valence electrons. The molecule has 3 unspecified atom stereocenters. The van der Waals surface area contributed by atoms with Gasteiger partial charge in [0.25, 0.3) is 0 Å². The Kier molecular flexibility index (Phi) is 5.96. The number of halogens is 1. The standard InChI is InChI=1S/C22H21ClN2O5S/c1-14(26)24-16-7-9-18(10-8-16)31(29)22(23)12-17-11-19(27)25(17)20(22)21(28)30-13-15-5-3-2-4-6-15/h2-10,17,20H,11-13H2,1H3,(H,24,26)/t17?,20-,22?,31?/m1/s1. The van der Waals surface area contributed by atoms with Gasteiger partial charge in [-0.25, -0.2) is 4.79 Å². The van der Waals surface area contributed by atoms with Crippen LogP contribution in [0.2, 0.25) is 0 Å². The molecule has 2 aliphatic rings. The van der Waals surface area contributed by atoms with E-state index in [-0.39, 0.29) is 37.3 Å². The zero-order valence-corrected chi connectivity index (χ0v) is 18.3. The molecule has 0 spiro atoms. The maximum absolute atomic E-state index is 13.5. The molecule has 31 heavy (non-hydrogen) atoms. The van der Waals surface area contributed by atoms with Crippen molar-refractivity contribution in [2.75, 3.05) is 5.32 Å². The first kappa shape index (κ1) is 21.7. The van der Waals surface area contributed by atoms with Gasteiger partial charge in [-0.1, -0.05) is 41.9 Å². The number of carbonyl (C=O) groups excluding carboxylic acids is 3. The lowest BCUT2D eigenvalue weighted by Crippen LogP contribution is -2.58. The Balaban J connectivity index is 1.56. The minimum atomic E-state index is -1.80. The summed E-state index contributed by atoms with van der Waals surface area (Å²) in [5.74, 6) is -1.09. The lowest BCUT2D eigenvalue weighted by molar-refractivity contribution is -0.161. The molecule has 0 radical (unpaired) electrons. The number of hydrogen-bond donors (Lipinski definition) is 1. The molecule has 2 aromatic rings. The molecule has 2 fully saturated rings. The fraction of sp³-hybridized carbons (Fsp3) is 0.318. The Morgan fingerprint density at radius 2 is 1.90 bits per heavy atom. The Morgan fingerprint density at radius 1 is 1.23 bits per heavy atom. The number of ether oxygens (including phenoxy) is 1. The smallest absolute Gasteiger partial charge is 0.336 e. The number of carbonyl (C=O) groups is 3. The summed E-state index contributed by atoms with van der Waals surface area (Å²) in [4.78, 5) is 38.2. The van der Waals surface area contributed by atoms with Gasteiger partial charge in [0, 0.05) is 42.7 Å². The zero-order chi connectivity index (χ0) is 22.2. The van der Waals surface area contributed by atoms with Gasteiger partial charge in [-0.05, 0) is 29.8 Å². The number of benzene rings is 2. The van der Waals surface area contributed by atoms with E-state index in [4.69, 9.17) is 16.3 Å². The predicted molar refractivity (Wildman–Crippen MR) is 116 cm³/mol. The molecular weight excluding hydrogens is 440 g/mol. The fourth-order valence-electron chi connectivity index (χ4n) is 4.00. The normalized spacial score (nSPS) is 25.4. The average Bonchev–Trinajstić information content (AvgIpc) is 3.00. The van der Waals surface area contributed by atoms with Crippen LogP contribution in [0, 0.1) is 0 Å². The predicted octanol–water partition coefficient (Wildman–Crippen LogP) is 2.80. The number of β-lactam (4-membered cyclic amide) rings is 1. The van der Waals surface area contributed by atoms with Gasteiger partial charge >= 0.3 is 5.97 Å². The maximum atomic E-state index is 13.5. The third-order valence-electron chi connectivity index (χ3n) is 5.44. The molecule has 2 aromatic carbocycles. The Bertz CT molecular complexity index is 1000. The van der Waals surface area contributed by atoms with Crippen LogP contribution in [0.25, 0.3) is 0 Å². The summed E-state index contributed by atoms with van der Waals surface area (Å²) in [6.07, 6.45) is 0.501. The molecular formula is C22H21ClN2O5S. The van der Waals surface area contributed by atoms with Crippen molar-refractivity contribution in [3.05, 3.63) is 60.2 Å². The molecule has 1 N–H and O–H groups in total. The maximum Gasteiger partial charge on any atom is 0.336 e. The lowest BCUT2D eigenvalue weighted by atomic mass is 10.0. The van der Waals surface area contributed by atoms with Crippen molar-refractivity contribution in [3.8, 4) is 0 Å². The van der Waals surface area contributed by atoms with Crippen molar-refractivity contribution in [2.45, 2.75) is 47.6 Å². The van der Waals surface area contributed by atoms with Crippen molar-refractivity contribution < 1.29 is 23.7 Å². The van der Waals surface area contributed by atoms with Crippen molar-refractivity contribution in [3.63, 3.8) is 0 Å². The van der Waals surface area contributed by atoms with Crippen molar-refractivity contribution >= 4 is 46.2 Å². The minimum Gasteiger partial charge on any atom is -0.610 e. The summed E-state index contributed by atoms with van der Waals surface area (Å²) >= 11 is 5.05. The fourth-order valence-corrected chi connectivity index (χ4v) is 6.17. The molecule has 0 aromatic heterocycles. The number of fused-ring (bicyclic) bond motifs is 1. The summed E-state index contributed by atoms with van der Waals surface area (Å²) in [5.41, 5.74) is 1.36. The van der Waals surface area contributed by atoms with Crippen LogP contribution in [0.4, 0.5) is 5.69 Å². The Labute approximate surface area is 187 Å². The minimum absolute atomic E-state index is 0.0356. The van der Waals surface area contributed by atoms with E-state index in [2.05, 4.69) is 5.32 Å². The van der Waals surface area contributed by atoms with E-state index in [1.165, 1.54) is 11.8 Å². The van der Waals surface area contributed by atoms with Crippen LogP contribution in [0.5, 0.6) is 0 Å². The van der Waals surface area contributed by atoms with Gasteiger partial charge < -0.3 is 19.5 Å². The molecule has 2 saturated heterocycles. The van der Waals surface area contributed by atoms with Crippen LogP contribution in [-0.4, -0.2) is 43.5 Å². The van der Waals surface area contributed by atoms with E-state index in [0.29, 0.717) is 10.6 Å². The average molecular weight is 461 g/mol. The van der Waals surface area contributed by atoms with Crippen molar-refractivity contribution in [1.82, 2.24) is 4.90 Å². The van der Waals surface area contributed by atoms with Gasteiger partial charge in [0.1, 0.15) is 6.61 Å². The van der Waals surface area contributed by atoms with E-state index in [1.54, 1.807) is 24.3 Å². The highest BCUT2D eigenvalue weighted by Gasteiger charge is 2.68. The number of nitrogens with one attached hydrogen (secondary N) is 1. The number of alkyl halides is 1. The van der Waals surface area contributed by atoms with Gasteiger partial charge in [-0.2, -0.15) is 0 Å². The summed E-state index contributed by atoms with van der Waals surface area (Å²) in [7, 11) is 0. The number of hydrogen-bond acceptors (Lipinski definition) is 5. The zero-order valence-electron chi connectivity index (χ0n) is 16.7. The van der Waals surface area contributed by atoms with Gasteiger partial charge in [-0.3, -0.25) is 9.59 Å². The number of amides is 2. The van der Waals surface area contributed by atoms with Crippen LogP contribution in [0.3, 0.4) is 0 Å². The highest BCUT2D eigenvalue weighted by Crippen LogP contribution is 2.50. The van der Waals surface area contributed by atoms with E-state index in [0.717, 1.165) is 5.56 Å². The van der Waals surface area contributed by atoms with Gasteiger partial charge in [0.2, 0.25) is 16.0 Å². The second-order valence-electron chi connectivity index (χ2n) is 7.62. The quantitative estimate of drug-likeness (QED) is 0.309. The second-order valence-corrected chi connectivity index (χ2v) is 10.3. The highest BCUT2D eigenvalue weighted by atomic mass is 35.5. The first-order valence-electron chi connectivity index (χ1n) is 9.80. The molecule has 4 rings (SSSR count). The largest absolute Gasteiger partial charge is 0.610 e. The first-order valence-corrected chi connectivity index (χ1v) is 11.3. The van der Waals surface area contributed by atoms with Gasteiger partial charge in [0.05, 0.1) is 0 Å². The summed E-state index contributed by atoms with van der Waals surface area (Å²) in [6, 6.07) is 14.2. The third kappa shape index (κ3) is 4.15. The van der Waals surface area contributed by atoms with Crippen LogP contribution in [0.15, 0.2) is 59.5 Å². The molecule has 0 bridgehead atoms. The SMILES string of the molecule is CC(=O)Nc1ccc([S+]([O-])C2(Cl)CC3CC(=O)N3[C@@H]2C(=O)OCc2ccccc2)cc1. The van der Waals surface area contributed by atoms with Gasteiger partial charge in [0.15, 0.2) is 10.9 Å². The summed E-state index contributed by atoms with van der Waals surface area (Å²) < 4.78 is 17.4. The molecule has 0 saturated carbocycles. The molecule has 9 heteroatoms. The first-order chi connectivity index (χ1) is 14.8. The van der Waals surface area contributed by atoms with Crippen LogP contribution < -0.4 is 5.32 Å². The monoisotopic (exact) mass is 460 g/mol. The number of esters is 1. The molecule has 2 amide bonds. The van der Waals surface area contributed by atoms with E-state index < -0.39 is 27.4 Å². The Morgan fingerprint density at radius 3 is 2.52 bits per heavy atom. The van der Waals surface area contributed by atoms with Crippen LogP contribution in [-0.2, 0) is 36.9 Å². The summed E-state index contributed by atoms with van der Waals surface area (Å²) in [5, 5.41) is 2.64. The Hall–Kier alpha value is -2.55. The highest BCUT2D eigenvalue weighted by molar-refractivity contribution is 7.94. The molecule has 4 atom stereocenters. The molecule has 2 aliphatic heterocycles. The molecule has 7 nitrogen and oxygen atoms in total. The van der Waals surface area contributed by atoms with Gasteiger partial charge in [-0.15, -0.1) is 0 Å².